The highest BCUT2D eigenvalue weighted by Gasteiger charge is 2.42. The average Bonchev–Trinajstić information content (AvgIpc) is 3.54. The van der Waals surface area contributed by atoms with Gasteiger partial charge in [0.25, 0.3) is 10.0 Å². The number of rotatable bonds is 9. The van der Waals surface area contributed by atoms with E-state index in [-0.39, 0.29) is 10.1 Å². The highest BCUT2D eigenvalue weighted by Crippen LogP contribution is 2.37. The lowest BCUT2D eigenvalue weighted by molar-refractivity contribution is -0.121. The summed E-state index contributed by atoms with van der Waals surface area (Å²) in [6.45, 7) is 1.53. The molecule has 1 aliphatic heterocycles. The number of nitrogens with zero attached hydrogens (tertiary/aromatic N) is 4. The number of thiophene rings is 1. The van der Waals surface area contributed by atoms with Crippen LogP contribution in [0.25, 0.3) is 10.2 Å². The second kappa shape index (κ2) is 10.5. The topological polar surface area (TPSA) is 83.0 Å². The number of para-hydroxylation sites is 1. The molecule has 3 heterocycles. The average molecular weight is 543 g/mol. The van der Waals surface area contributed by atoms with Gasteiger partial charge in [0, 0.05) is 13.1 Å². The molecule has 0 saturated carbocycles. The van der Waals surface area contributed by atoms with E-state index in [1.54, 1.807) is 18.1 Å². The van der Waals surface area contributed by atoms with Crippen LogP contribution >= 0.6 is 34.3 Å². The minimum Gasteiger partial charge on any atom is -0.494 e. The number of hydrogen-bond acceptors (Lipinski definition) is 8. The summed E-state index contributed by atoms with van der Waals surface area (Å²) in [7, 11) is 1.72. The van der Waals surface area contributed by atoms with Crippen molar-refractivity contribution < 1.29 is 17.9 Å². The van der Waals surface area contributed by atoms with Crippen molar-refractivity contribution >= 4 is 65.6 Å². The molecular weight excluding hydrogens is 516 g/mol. The SMILES string of the molecule is COc1cccc2sc(N(CCCN(C)C)C(=O)C3CCCN3S(=O)(=O)c3ccc(Cl)s3)nc12. The third kappa shape index (κ3) is 5.09. The molecule has 2 aromatic heterocycles. The minimum atomic E-state index is -3.82. The van der Waals surface area contributed by atoms with E-state index >= 15 is 0 Å². The lowest BCUT2D eigenvalue weighted by atomic mass is 10.2. The zero-order valence-electron chi connectivity index (χ0n) is 19.2. The monoisotopic (exact) mass is 542 g/mol. The number of hydrogen-bond donors (Lipinski definition) is 0. The van der Waals surface area contributed by atoms with Gasteiger partial charge in [-0.3, -0.25) is 9.69 Å². The molecule has 0 bridgehead atoms. The zero-order valence-corrected chi connectivity index (χ0v) is 22.4. The number of aromatic nitrogens is 1. The molecule has 0 aliphatic carbocycles. The van der Waals surface area contributed by atoms with Crippen molar-refractivity contribution in [3.8, 4) is 5.75 Å². The highest BCUT2D eigenvalue weighted by atomic mass is 35.5. The Bertz CT molecular complexity index is 1270. The summed E-state index contributed by atoms with van der Waals surface area (Å²) in [4.78, 5) is 22.3. The number of ether oxygens (including phenoxy) is 1. The van der Waals surface area contributed by atoms with Gasteiger partial charge in [0.2, 0.25) is 5.91 Å². The predicted molar refractivity (Wildman–Crippen MR) is 138 cm³/mol. The van der Waals surface area contributed by atoms with Crippen LogP contribution in [0.3, 0.4) is 0 Å². The maximum atomic E-state index is 13.9. The lowest BCUT2D eigenvalue weighted by Gasteiger charge is -2.28. The molecule has 0 spiro atoms. The molecule has 1 amide bonds. The minimum absolute atomic E-state index is 0.154. The molecule has 1 aliphatic rings. The van der Waals surface area contributed by atoms with Gasteiger partial charge in [-0.15, -0.1) is 11.3 Å². The summed E-state index contributed by atoms with van der Waals surface area (Å²) in [6, 6.07) is 7.94. The van der Waals surface area contributed by atoms with Gasteiger partial charge in [-0.2, -0.15) is 4.31 Å². The van der Waals surface area contributed by atoms with Crippen molar-refractivity contribution in [1.29, 1.82) is 0 Å². The number of fused-ring (bicyclic) bond motifs is 1. The Kier molecular flexibility index (Phi) is 7.80. The van der Waals surface area contributed by atoms with Crippen LogP contribution < -0.4 is 9.64 Å². The summed E-state index contributed by atoms with van der Waals surface area (Å²) in [5, 5.41) is 0.548. The predicted octanol–water partition coefficient (Wildman–Crippen LogP) is 4.16. The lowest BCUT2D eigenvalue weighted by Crippen LogP contribution is -2.48. The Morgan fingerprint density at radius 2 is 2.03 bits per heavy atom. The highest BCUT2D eigenvalue weighted by molar-refractivity contribution is 7.91. The molecule has 1 saturated heterocycles. The normalized spacial score (nSPS) is 17.0. The molecule has 8 nitrogen and oxygen atoms in total. The Hall–Kier alpha value is -1.76. The molecule has 12 heteroatoms. The molecule has 3 aromatic rings. The fourth-order valence-electron chi connectivity index (χ4n) is 4.04. The standard InChI is InChI=1S/C22H27ClN4O4S3/c1-25(2)12-6-13-26(22-24-20-16(31-3)8-4-9-17(20)32-22)21(28)15-7-5-14-27(15)34(29,30)19-11-10-18(23)33-19/h4,8-11,15H,5-7,12-14H2,1-3H3. The van der Waals surface area contributed by atoms with Gasteiger partial charge < -0.3 is 9.64 Å². The largest absolute Gasteiger partial charge is 0.494 e. The third-order valence-corrected chi connectivity index (χ3v) is 10.3. The third-order valence-electron chi connectivity index (χ3n) is 5.67. The molecule has 0 radical (unpaired) electrons. The number of methoxy groups -OCH3 is 1. The first-order chi connectivity index (χ1) is 16.2. The van der Waals surface area contributed by atoms with E-state index in [1.165, 1.54) is 21.7 Å². The van der Waals surface area contributed by atoms with Crippen molar-refractivity contribution in [3.05, 3.63) is 34.7 Å². The molecule has 34 heavy (non-hydrogen) atoms. The number of halogens is 1. The van der Waals surface area contributed by atoms with Gasteiger partial charge in [-0.25, -0.2) is 13.4 Å². The van der Waals surface area contributed by atoms with Gasteiger partial charge >= 0.3 is 0 Å². The quantitative estimate of drug-likeness (QED) is 0.404. The van der Waals surface area contributed by atoms with Crippen LogP contribution in [-0.4, -0.2) is 75.4 Å². The second-order valence-electron chi connectivity index (χ2n) is 8.28. The van der Waals surface area contributed by atoms with Gasteiger partial charge in [0.05, 0.1) is 16.1 Å². The van der Waals surface area contributed by atoms with Crippen LogP contribution in [0.15, 0.2) is 34.5 Å². The number of anilines is 1. The van der Waals surface area contributed by atoms with E-state index in [0.717, 1.165) is 29.0 Å². The number of benzene rings is 1. The van der Waals surface area contributed by atoms with Crippen LogP contribution in [0.4, 0.5) is 5.13 Å². The van der Waals surface area contributed by atoms with Crippen molar-refractivity contribution in [2.24, 2.45) is 0 Å². The van der Waals surface area contributed by atoms with Crippen LogP contribution in [-0.2, 0) is 14.8 Å². The van der Waals surface area contributed by atoms with E-state index in [0.29, 0.717) is 46.7 Å². The summed E-state index contributed by atoms with van der Waals surface area (Å²) >= 11 is 8.40. The summed E-state index contributed by atoms with van der Waals surface area (Å²) in [5.74, 6) is 0.390. The van der Waals surface area contributed by atoms with Crippen LogP contribution in [0.1, 0.15) is 19.3 Å². The Labute approximate surface area is 212 Å². The molecular formula is C22H27ClN4O4S3. The fraction of sp³-hybridized carbons (Fsp3) is 0.455. The number of sulfonamides is 1. The maximum absolute atomic E-state index is 13.9. The number of thiazole rings is 1. The number of amides is 1. The number of carbonyl (C=O) groups is 1. The summed E-state index contributed by atoms with van der Waals surface area (Å²) < 4.78 is 34.9. The first-order valence-electron chi connectivity index (χ1n) is 10.9. The Morgan fingerprint density at radius 1 is 1.24 bits per heavy atom. The molecule has 1 atom stereocenters. The van der Waals surface area contributed by atoms with Gasteiger partial charge in [-0.1, -0.05) is 29.0 Å². The van der Waals surface area contributed by atoms with Crippen molar-refractivity contribution in [2.75, 3.05) is 45.7 Å². The molecule has 1 aromatic carbocycles. The van der Waals surface area contributed by atoms with E-state index in [9.17, 15) is 13.2 Å². The smallest absolute Gasteiger partial charge is 0.253 e. The molecule has 1 fully saturated rings. The maximum Gasteiger partial charge on any atom is 0.253 e. The van der Waals surface area contributed by atoms with Gasteiger partial charge in [0.15, 0.2) is 5.13 Å². The van der Waals surface area contributed by atoms with E-state index in [4.69, 9.17) is 21.3 Å². The van der Waals surface area contributed by atoms with Crippen LogP contribution in [0.2, 0.25) is 4.34 Å². The van der Waals surface area contributed by atoms with Crippen molar-refractivity contribution in [3.63, 3.8) is 0 Å². The first kappa shape index (κ1) is 25.3. The van der Waals surface area contributed by atoms with E-state index in [1.807, 2.05) is 32.3 Å². The fourth-order valence-corrected chi connectivity index (χ4v) is 8.32. The number of carbonyl (C=O) groups excluding carboxylic acids is 1. The van der Waals surface area contributed by atoms with Crippen LogP contribution in [0.5, 0.6) is 5.75 Å². The first-order valence-corrected chi connectivity index (χ1v) is 14.3. The van der Waals surface area contributed by atoms with Crippen molar-refractivity contribution in [1.82, 2.24) is 14.2 Å². The van der Waals surface area contributed by atoms with Gasteiger partial charge in [-0.05, 0) is 64.2 Å². The molecule has 4 rings (SSSR count). The van der Waals surface area contributed by atoms with Gasteiger partial charge in [0.1, 0.15) is 21.5 Å². The van der Waals surface area contributed by atoms with Crippen molar-refractivity contribution in [2.45, 2.75) is 29.5 Å². The zero-order chi connectivity index (χ0) is 24.5. The summed E-state index contributed by atoms with van der Waals surface area (Å²) in [6.07, 6.45) is 1.81. The Balaban J connectivity index is 1.67. The summed E-state index contributed by atoms with van der Waals surface area (Å²) in [5.41, 5.74) is 0.694. The molecule has 184 valence electrons. The van der Waals surface area contributed by atoms with Crippen LogP contribution in [0, 0.1) is 0 Å². The molecule has 0 N–H and O–H groups in total. The Morgan fingerprint density at radius 3 is 2.71 bits per heavy atom. The molecule has 1 unspecified atom stereocenters. The van der Waals surface area contributed by atoms with E-state index < -0.39 is 16.1 Å². The second-order valence-corrected chi connectivity index (χ2v) is 13.1. The van der Waals surface area contributed by atoms with E-state index in [2.05, 4.69) is 4.90 Å².